The molecule has 0 saturated carbocycles. The van der Waals surface area contributed by atoms with Crippen molar-refractivity contribution in [3.05, 3.63) is 66.7 Å². The van der Waals surface area contributed by atoms with E-state index in [1.807, 2.05) is 12.2 Å². The first-order valence-electron chi connectivity index (χ1n) is 10.2. The quantitative estimate of drug-likeness (QED) is 0.534. The summed E-state index contributed by atoms with van der Waals surface area (Å²) in [5.41, 5.74) is 0.764. The number of rotatable bonds is 6. The topological polar surface area (TPSA) is 104 Å². The molecule has 8 nitrogen and oxygen atoms in total. The van der Waals surface area contributed by atoms with E-state index in [-0.39, 0.29) is 22.4 Å². The summed E-state index contributed by atoms with van der Waals surface area (Å²) in [7, 11) is -2.40. The van der Waals surface area contributed by atoms with Crippen molar-refractivity contribution in [1.82, 2.24) is 4.90 Å². The van der Waals surface area contributed by atoms with E-state index in [2.05, 4.69) is 5.32 Å². The van der Waals surface area contributed by atoms with Gasteiger partial charge in [-0.3, -0.25) is 23.6 Å². The number of hydrogen-bond acceptors (Lipinski definition) is 5. The lowest BCUT2D eigenvalue weighted by Crippen LogP contribution is -2.38. The number of allylic oxidation sites excluding steroid dienone is 2. The highest BCUT2D eigenvalue weighted by atomic mass is 32.2. The molecule has 1 aliphatic carbocycles. The summed E-state index contributed by atoms with van der Waals surface area (Å²) >= 11 is 0. The third kappa shape index (κ3) is 4.03. The summed E-state index contributed by atoms with van der Waals surface area (Å²) in [4.78, 5) is 38.6. The van der Waals surface area contributed by atoms with Crippen molar-refractivity contribution in [2.45, 2.75) is 17.7 Å². The van der Waals surface area contributed by atoms with Gasteiger partial charge in [0, 0.05) is 12.7 Å². The number of sulfonamides is 1. The molecule has 0 aromatic heterocycles. The summed E-state index contributed by atoms with van der Waals surface area (Å²) in [6.45, 7) is -0.397. The van der Waals surface area contributed by atoms with Crippen LogP contribution in [0.1, 0.15) is 12.8 Å². The van der Waals surface area contributed by atoms with Gasteiger partial charge in [-0.25, -0.2) is 8.42 Å². The SMILES string of the molecule is CN(c1ccccc1)S(=O)(=O)c1cccc(NC(=O)CN2C(=O)[C@H]3CC=CC[C@@H]3C2=O)c1. The van der Waals surface area contributed by atoms with Crippen molar-refractivity contribution >= 4 is 39.1 Å². The molecule has 1 aliphatic heterocycles. The highest BCUT2D eigenvalue weighted by Gasteiger charge is 2.47. The molecule has 4 rings (SSSR count). The fourth-order valence-electron chi connectivity index (χ4n) is 4.04. The van der Waals surface area contributed by atoms with E-state index in [1.165, 1.54) is 25.2 Å². The Kier molecular flexibility index (Phi) is 5.84. The Labute approximate surface area is 186 Å². The van der Waals surface area contributed by atoms with E-state index in [1.54, 1.807) is 36.4 Å². The van der Waals surface area contributed by atoms with Crippen LogP contribution in [0.15, 0.2) is 71.6 Å². The number of hydrogen-bond donors (Lipinski definition) is 1. The molecule has 2 atom stereocenters. The molecule has 3 amide bonds. The lowest BCUT2D eigenvalue weighted by Gasteiger charge is -2.20. The molecule has 0 radical (unpaired) electrons. The van der Waals surface area contributed by atoms with Crippen LogP contribution in [0.3, 0.4) is 0 Å². The minimum Gasteiger partial charge on any atom is -0.324 e. The zero-order valence-corrected chi connectivity index (χ0v) is 18.3. The van der Waals surface area contributed by atoms with Gasteiger partial charge < -0.3 is 5.32 Å². The molecule has 2 aliphatic rings. The molecule has 2 aromatic rings. The number of amides is 3. The maximum absolute atomic E-state index is 13.0. The molecule has 32 heavy (non-hydrogen) atoms. The molecule has 1 heterocycles. The van der Waals surface area contributed by atoms with Gasteiger partial charge in [-0.15, -0.1) is 0 Å². The summed E-state index contributed by atoms with van der Waals surface area (Å²) < 4.78 is 27.1. The molecule has 0 spiro atoms. The van der Waals surface area contributed by atoms with E-state index >= 15 is 0 Å². The zero-order chi connectivity index (χ0) is 22.9. The Bertz CT molecular complexity index is 1170. The maximum Gasteiger partial charge on any atom is 0.264 e. The predicted molar refractivity (Wildman–Crippen MR) is 119 cm³/mol. The number of para-hydroxylation sites is 1. The molecule has 1 N–H and O–H groups in total. The number of carbonyl (C=O) groups is 3. The van der Waals surface area contributed by atoms with E-state index in [0.717, 1.165) is 9.21 Å². The number of likely N-dealkylation sites (tertiary alicyclic amines) is 1. The van der Waals surface area contributed by atoms with Crippen LogP contribution in [-0.2, 0) is 24.4 Å². The standard InChI is InChI=1S/C23H23N3O5S/c1-25(17-9-3-2-4-10-17)32(30,31)18-11-7-8-16(14-18)24-21(27)15-26-22(28)19-12-5-6-13-20(19)23(26)29/h2-11,14,19-20H,12-13,15H2,1H3,(H,24,27)/t19-,20-/m0/s1. The number of carbonyl (C=O) groups excluding carboxylic acids is 3. The van der Waals surface area contributed by atoms with Gasteiger partial charge >= 0.3 is 0 Å². The van der Waals surface area contributed by atoms with Gasteiger partial charge in [0.15, 0.2) is 0 Å². The summed E-state index contributed by atoms with van der Waals surface area (Å²) in [6, 6.07) is 14.5. The van der Waals surface area contributed by atoms with Gasteiger partial charge in [0.1, 0.15) is 6.54 Å². The molecule has 0 unspecified atom stereocenters. The first kappa shape index (κ1) is 21.8. The van der Waals surface area contributed by atoms with Crippen LogP contribution in [0.4, 0.5) is 11.4 Å². The highest BCUT2D eigenvalue weighted by Crippen LogP contribution is 2.35. The Morgan fingerprint density at radius 3 is 2.25 bits per heavy atom. The molecule has 1 fully saturated rings. The molecule has 1 saturated heterocycles. The van der Waals surface area contributed by atoms with E-state index in [4.69, 9.17) is 0 Å². The largest absolute Gasteiger partial charge is 0.324 e. The van der Waals surface area contributed by atoms with Crippen LogP contribution < -0.4 is 9.62 Å². The van der Waals surface area contributed by atoms with Crippen LogP contribution in [-0.4, -0.2) is 44.6 Å². The van der Waals surface area contributed by atoms with Crippen molar-refractivity contribution in [2.24, 2.45) is 11.8 Å². The van der Waals surface area contributed by atoms with Gasteiger partial charge in [-0.05, 0) is 43.2 Å². The first-order chi connectivity index (χ1) is 15.3. The van der Waals surface area contributed by atoms with Crippen LogP contribution >= 0.6 is 0 Å². The van der Waals surface area contributed by atoms with Crippen molar-refractivity contribution in [2.75, 3.05) is 23.2 Å². The smallest absolute Gasteiger partial charge is 0.264 e. The summed E-state index contributed by atoms with van der Waals surface area (Å²) in [6.07, 6.45) is 4.77. The maximum atomic E-state index is 13.0. The highest BCUT2D eigenvalue weighted by molar-refractivity contribution is 7.92. The van der Waals surface area contributed by atoms with E-state index in [0.29, 0.717) is 18.5 Å². The number of anilines is 2. The normalized spacial score (nSPS) is 20.2. The summed E-state index contributed by atoms with van der Waals surface area (Å²) in [5.74, 6) is -2.03. The second kappa shape index (κ2) is 8.58. The van der Waals surface area contributed by atoms with Gasteiger partial charge in [-0.2, -0.15) is 0 Å². The molecular weight excluding hydrogens is 430 g/mol. The lowest BCUT2D eigenvalue weighted by atomic mass is 9.85. The van der Waals surface area contributed by atoms with Crippen LogP contribution in [0.25, 0.3) is 0 Å². The number of nitrogens with one attached hydrogen (secondary N) is 1. The summed E-state index contributed by atoms with van der Waals surface area (Å²) in [5, 5.41) is 2.60. The second-order valence-electron chi connectivity index (χ2n) is 7.80. The first-order valence-corrected chi connectivity index (χ1v) is 11.7. The fraction of sp³-hybridized carbons (Fsp3) is 0.261. The fourth-order valence-corrected chi connectivity index (χ4v) is 5.28. The molecule has 0 bridgehead atoms. The van der Waals surface area contributed by atoms with Crippen molar-refractivity contribution in [3.8, 4) is 0 Å². The molecular formula is C23H23N3O5S. The average Bonchev–Trinajstić information content (AvgIpc) is 3.04. The lowest BCUT2D eigenvalue weighted by molar-refractivity contribution is -0.142. The van der Waals surface area contributed by atoms with Gasteiger partial charge in [0.25, 0.3) is 10.0 Å². The average molecular weight is 454 g/mol. The Morgan fingerprint density at radius 2 is 1.62 bits per heavy atom. The van der Waals surface area contributed by atoms with Crippen LogP contribution in [0.2, 0.25) is 0 Å². The second-order valence-corrected chi connectivity index (χ2v) is 9.77. The zero-order valence-electron chi connectivity index (χ0n) is 17.5. The van der Waals surface area contributed by atoms with Crippen LogP contribution in [0, 0.1) is 11.8 Å². The number of imide groups is 1. The Morgan fingerprint density at radius 1 is 1.00 bits per heavy atom. The minimum absolute atomic E-state index is 0.00655. The number of fused-ring (bicyclic) bond motifs is 1. The van der Waals surface area contributed by atoms with Gasteiger partial charge in [0.05, 0.1) is 22.4 Å². The Balaban J connectivity index is 1.47. The molecule has 2 aromatic carbocycles. The van der Waals surface area contributed by atoms with Gasteiger partial charge in [-0.1, -0.05) is 36.4 Å². The van der Waals surface area contributed by atoms with Crippen molar-refractivity contribution in [1.29, 1.82) is 0 Å². The molecule has 9 heteroatoms. The van der Waals surface area contributed by atoms with E-state index < -0.39 is 34.3 Å². The molecule has 166 valence electrons. The third-order valence-corrected chi connectivity index (χ3v) is 7.58. The van der Waals surface area contributed by atoms with Gasteiger partial charge in [0.2, 0.25) is 17.7 Å². The number of nitrogens with zero attached hydrogens (tertiary/aromatic N) is 2. The van der Waals surface area contributed by atoms with Crippen LogP contribution in [0.5, 0.6) is 0 Å². The third-order valence-electron chi connectivity index (χ3n) is 5.80. The predicted octanol–water partition coefficient (Wildman–Crippen LogP) is 2.40. The number of benzene rings is 2. The minimum atomic E-state index is -3.85. The van der Waals surface area contributed by atoms with Crippen molar-refractivity contribution < 1.29 is 22.8 Å². The van der Waals surface area contributed by atoms with E-state index in [9.17, 15) is 22.8 Å². The van der Waals surface area contributed by atoms with Crippen molar-refractivity contribution in [3.63, 3.8) is 0 Å². The Hall–Kier alpha value is -3.46. The monoisotopic (exact) mass is 453 g/mol.